The van der Waals surface area contributed by atoms with Crippen molar-refractivity contribution in [1.29, 1.82) is 0 Å². The van der Waals surface area contributed by atoms with Crippen molar-refractivity contribution in [3.63, 3.8) is 0 Å². The first-order valence-electron chi connectivity index (χ1n) is 7.94. The third-order valence-electron chi connectivity index (χ3n) is 3.64. The van der Waals surface area contributed by atoms with E-state index >= 15 is 0 Å². The molecule has 0 spiro atoms. The molecular weight excluding hydrogens is 354 g/mol. The summed E-state index contributed by atoms with van der Waals surface area (Å²) >= 11 is 0. The number of nitrogens with one attached hydrogen (secondary N) is 1. The summed E-state index contributed by atoms with van der Waals surface area (Å²) in [5.74, 6) is 0.0775. The number of amides is 1. The average molecular weight is 375 g/mol. The molecule has 2 aromatic carbocycles. The lowest BCUT2D eigenvalue weighted by molar-refractivity contribution is -0.119. The molecule has 0 heterocycles. The number of esters is 1. The molecule has 0 saturated heterocycles. The third kappa shape index (κ3) is 4.60. The van der Waals surface area contributed by atoms with Gasteiger partial charge in [-0.1, -0.05) is 12.1 Å². The highest BCUT2D eigenvalue weighted by Gasteiger charge is 2.22. The molecule has 144 valence electrons. The molecule has 0 aliphatic carbocycles. The van der Waals surface area contributed by atoms with Gasteiger partial charge in [0, 0.05) is 0 Å². The Labute approximate surface area is 156 Å². The molecule has 0 bridgehead atoms. The Hall–Kier alpha value is -3.42. The molecular formula is C19H21NO7. The Morgan fingerprint density at radius 3 is 2.11 bits per heavy atom. The molecule has 8 nitrogen and oxygen atoms in total. The number of rotatable bonds is 8. The second-order valence-corrected chi connectivity index (χ2v) is 5.21. The number of benzene rings is 2. The van der Waals surface area contributed by atoms with Gasteiger partial charge in [-0.05, 0) is 24.3 Å². The van der Waals surface area contributed by atoms with Crippen molar-refractivity contribution in [3.05, 3.63) is 42.0 Å². The van der Waals surface area contributed by atoms with Crippen LogP contribution >= 0.6 is 0 Å². The summed E-state index contributed by atoms with van der Waals surface area (Å²) < 4.78 is 25.9. The van der Waals surface area contributed by atoms with E-state index in [2.05, 4.69) is 5.32 Å². The van der Waals surface area contributed by atoms with Crippen LogP contribution in [-0.4, -0.2) is 46.9 Å². The number of hydrogen-bond acceptors (Lipinski definition) is 7. The first-order chi connectivity index (χ1) is 13.0. The minimum atomic E-state index is -0.733. The number of anilines is 1. The van der Waals surface area contributed by atoms with Gasteiger partial charge >= 0.3 is 5.97 Å². The Bertz CT molecular complexity index is 820. The van der Waals surface area contributed by atoms with Crippen molar-refractivity contribution >= 4 is 17.6 Å². The summed E-state index contributed by atoms with van der Waals surface area (Å²) in [6.07, 6.45) is 0. The van der Waals surface area contributed by atoms with Crippen LogP contribution in [0.15, 0.2) is 36.4 Å². The Kier molecular flexibility index (Phi) is 6.87. The fraction of sp³-hybridized carbons (Fsp3) is 0.263. The normalized spacial score (nSPS) is 9.93. The van der Waals surface area contributed by atoms with Crippen molar-refractivity contribution in [1.82, 2.24) is 0 Å². The van der Waals surface area contributed by atoms with Crippen LogP contribution in [0.3, 0.4) is 0 Å². The maximum Gasteiger partial charge on any atom is 0.342 e. The summed E-state index contributed by atoms with van der Waals surface area (Å²) in [6.45, 7) is -0.478. The molecule has 0 aliphatic heterocycles. The summed E-state index contributed by atoms with van der Waals surface area (Å²) in [5, 5.41) is 2.62. The zero-order valence-corrected chi connectivity index (χ0v) is 15.5. The molecule has 0 aliphatic rings. The van der Waals surface area contributed by atoms with Crippen molar-refractivity contribution in [2.45, 2.75) is 0 Å². The number of methoxy groups -OCH3 is 4. The van der Waals surface area contributed by atoms with Gasteiger partial charge in [-0.2, -0.15) is 0 Å². The van der Waals surface area contributed by atoms with E-state index in [9.17, 15) is 9.59 Å². The molecule has 1 N–H and O–H groups in total. The van der Waals surface area contributed by atoms with Gasteiger partial charge in [0.15, 0.2) is 18.1 Å². The van der Waals surface area contributed by atoms with Gasteiger partial charge in [0.1, 0.15) is 11.3 Å². The highest BCUT2D eigenvalue weighted by molar-refractivity contribution is 5.98. The average Bonchev–Trinajstić information content (AvgIpc) is 2.70. The summed E-state index contributed by atoms with van der Waals surface area (Å²) in [6, 6.07) is 9.93. The number of hydrogen-bond donors (Lipinski definition) is 1. The molecule has 27 heavy (non-hydrogen) atoms. The molecule has 0 aromatic heterocycles. The number of carbonyl (C=O) groups is 2. The molecule has 0 radical (unpaired) electrons. The second-order valence-electron chi connectivity index (χ2n) is 5.21. The van der Waals surface area contributed by atoms with E-state index in [1.54, 1.807) is 30.3 Å². The van der Waals surface area contributed by atoms with E-state index in [1.807, 2.05) is 0 Å². The van der Waals surface area contributed by atoms with Crippen LogP contribution in [0.4, 0.5) is 5.69 Å². The fourth-order valence-corrected chi connectivity index (χ4v) is 2.41. The monoisotopic (exact) mass is 375 g/mol. The van der Waals surface area contributed by atoms with Crippen LogP contribution in [0.25, 0.3) is 0 Å². The maximum atomic E-state index is 12.4. The predicted octanol–water partition coefficient (Wildman–Crippen LogP) is 2.52. The predicted molar refractivity (Wildman–Crippen MR) is 98.0 cm³/mol. The third-order valence-corrected chi connectivity index (χ3v) is 3.64. The zero-order chi connectivity index (χ0) is 19.8. The van der Waals surface area contributed by atoms with Gasteiger partial charge in [-0.25, -0.2) is 4.79 Å². The van der Waals surface area contributed by atoms with Gasteiger partial charge in [-0.3, -0.25) is 4.79 Å². The van der Waals surface area contributed by atoms with Crippen molar-refractivity contribution in [3.8, 4) is 23.0 Å². The molecule has 8 heteroatoms. The molecule has 0 atom stereocenters. The van der Waals surface area contributed by atoms with Gasteiger partial charge in [0.25, 0.3) is 5.91 Å². The Balaban J connectivity index is 2.08. The van der Waals surface area contributed by atoms with Gasteiger partial charge in [-0.15, -0.1) is 0 Å². The van der Waals surface area contributed by atoms with Gasteiger partial charge < -0.3 is 29.0 Å². The van der Waals surface area contributed by atoms with Crippen LogP contribution in [0.1, 0.15) is 10.4 Å². The Morgan fingerprint density at radius 1 is 0.815 bits per heavy atom. The van der Waals surface area contributed by atoms with E-state index in [1.165, 1.54) is 34.5 Å². The lowest BCUT2D eigenvalue weighted by Gasteiger charge is -2.15. The van der Waals surface area contributed by atoms with Crippen LogP contribution < -0.4 is 24.3 Å². The summed E-state index contributed by atoms with van der Waals surface area (Å²) in [4.78, 5) is 24.4. The Morgan fingerprint density at radius 2 is 1.48 bits per heavy atom. The number of carbonyl (C=O) groups excluding carboxylic acids is 2. The quantitative estimate of drug-likeness (QED) is 0.709. The van der Waals surface area contributed by atoms with E-state index < -0.39 is 18.5 Å². The molecule has 0 unspecified atom stereocenters. The van der Waals surface area contributed by atoms with Crippen molar-refractivity contribution in [2.24, 2.45) is 0 Å². The van der Waals surface area contributed by atoms with Gasteiger partial charge in [0.2, 0.25) is 5.75 Å². The largest absolute Gasteiger partial charge is 0.495 e. The first kappa shape index (κ1) is 19.9. The zero-order valence-electron chi connectivity index (χ0n) is 15.5. The van der Waals surface area contributed by atoms with Crippen LogP contribution in [0.2, 0.25) is 0 Å². The smallest absolute Gasteiger partial charge is 0.342 e. The molecule has 2 aromatic rings. The molecule has 1 amide bonds. The second kappa shape index (κ2) is 9.33. The molecule has 0 fully saturated rings. The lowest BCUT2D eigenvalue weighted by Crippen LogP contribution is -2.21. The summed E-state index contributed by atoms with van der Waals surface area (Å²) in [5.41, 5.74) is 0.588. The first-order valence-corrected chi connectivity index (χ1v) is 7.94. The van der Waals surface area contributed by atoms with Crippen LogP contribution in [0.5, 0.6) is 23.0 Å². The molecule has 2 rings (SSSR count). The van der Waals surface area contributed by atoms with E-state index in [4.69, 9.17) is 23.7 Å². The minimum absolute atomic E-state index is 0.111. The standard InChI is InChI=1S/C19H21NO7/c1-23-14-8-6-5-7-13(14)20-16(21)11-27-19(22)12-9-10-15(24-2)18(26-4)17(12)25-3/h5-10H,11H2,1-4H3,(H,20,21). The van der Waals surface area contributed by atoms with Crippen molar-refractivity contribution in [2.75, 3.05) is 40.4 Å². The minimum Gasteiger partial charge on any atom is -0.495 e. The van der Waals surface area contributed by atoms with E-state index in [0.29, 0.717) is 17.2 Å². The lowest BCUT2D eigenvalue weighted by atomic mass is 10.1. The molecule has 0 saturated carbocycles. The topological polar surface area (TPSA) is 92.3 Å². The van der Waals surface area contributed by atoms with Crippen molar-refractivity contribution < 1.29 is 33.3 Å². The van der Waals surface area contributed by atoms with E-state index in [-0.39, 0.29) is 17.1 Å². The SMILES string of the molecule is COc1ccccc1NC(=O)COC(=O)c1ccc(OC)c(OC)c1OC. The number of ether oxygens (including phenoxy) is 5. The summed E-state index contributed by atoms with van der Waals surface area (Å²) in [7, 11) is 5.78. The number of para-hydroxylation sites is 2. The highest BCUT2D eigenvalue weighted by Crippen LogP contribution is 2.39. The highest BCUT2D eigenvalue weighted by atomic mass is 16.5. The van der Waals surface area contributed by atoms with Crippen LogP contribution in [-0.2, 0) is 9.53 Å². The van der Waals surface area contributed by atoms with Gasteiger partial charge in [0.05, 0.1) is 34.1 Å². The van der Waals surface area contributed by atoms with Crippen LogP contribution in [0, 0.1) is 0 Å². The fourth-order valence-electron chi connectivity index (χ4n) is 2.41. The van der Waals surface area contributed by atoms with E-state index in [0.717, 1.165) is 0 Å². The maximum absolute atomic E-state index is 12.4.